The van der Waals surface area contributed by atoms with E-state index in [4.69, 9.17) is 10.2 Å². The minimum atomic E-state index is -1.14. The molecule has 1 rings (SSSR count). The summed E-state index contributed by atoms with van der Waals surface area (Å²) in [6, 6.07) is 0. The van der Waals surface area contributed by atoms with Crippen molar-refractivity contribution in [2.45, 2.75) is 37.3 Å². The molecule has 0 aromatic rings. The van der Waals surface area contributed by atoms with Gasteiger partial charge in [0.15, 0.2) is 6.29 Å². The molecule has 0 radical (unpaired) electrons. The van der Waals surface area contributed by atoms with Gasteiger partial charge in [-0.1, -0.05) is 27.7 Å². The molecule has 1 unspecified atom stereocenters. The molecule has 1 aliphatic heterocycles. The molecule has 1 heterocycles. The fourth-order valence-electron chi connectivity index (χ4n) is 1.12. The molecule has 0 bridgehead atoms. The van der Waals surface area contributed by atoms with Crippen LogP contribution in [0.5, 0.6) is 0 Å². The third kappa shape index (κ3) is 5.80. The summed E-state index contributed by atoms with van der Waals surface area (Å²) in [6.07, 6.45) is 6.68. The first kappa shape index (κ1) is 12.2. The second-order valence-electron chi connectivity index (χ2n) is 3.18. The molecule has 0 aromatic carbocycles. The van der Waals surface area contributed by atoms with Crippen molar-refractivity contribution >= 4 is 21.6 Å². The summed E-state index contributed by atoms with van der Waals surface area (Å²) in [5.41, 5.74) is 0. The van der Waals surface area contributed by atoms with E-state index in [1.807, 2.05) is 17.0 Å². The zero-order chi connectivity index (χ0) is 10.2. The maximum absolute atomic E-state index is 8.62. The monoisotopic (exact) mass is 235 g/mol. The highest BCUT2D eigenvalue weighted by atomic mass is 33.1. The second-order valence-corrected chi connectivity index (χ2v) is 5.87. The topological polar surface area (TPSA) is 52.5 Å². The highest BCUT2D eigenvalue weighted by Gasteiger charge is 2.09. The summed E-state index contributed by atoms with van der Waals surface area (Å²) in [5.74, 6) is 0.976. The molecule has 0 aromatic heterocycles. The fourth-order valence-corrected chi connectivity index (χ4v) is 3.62. The summed E-state index contributed by atoms with van der Waals surface area (Å²) in [5, 5.41) is 21.0. The number of allylic oxidation sites excluding steroid dienone is 1. The SMILES string of the molecule is OC(O)CCCSSC1CCC=CN1. The third-order valence-corrected chi connectivity index (χ3v) is 4.67. The first-order chi connectivity index (χ1) is 6.79. The number of hydrogen-bond donors (Lipinski definition) is 3. The van der Waals surface area contributed by atoms with Gasteiger partial charge < -0.3 is 15.5 Å². The van der Waals surface area contributed by atoms with E-state index in [1.165, 1.54) is 6.42 Å². The Morgan fingerprint density at radius 3 is 3.00 bits per heavy atom. The molecule has 0 fully saturated rings. The van der Waals surface area contributed by atoms with Crippen molar-refractivity contribution in [3.63, 3.8) is 0 Å². The number of aliphatic hydroxyl groups excluding tert-OH is 1. The van der Waals surface area contributed by atoms with Crippen molar-refractivity contribution in [1.29, 1.82) is 0 Å². The molecule has 3 nitrogen and oxygen atoms in total. The van der Waals surface area contributed by atoms with Crippen molar-refractivity contribution in [3.8, 4) is 0 Å². The van der Waals surface area contributed by atoms with Gasteiger partial charge in [0.25, 0.3) is 0 Å². The molecule has 3 N–H and O–H groups in total. The lowest BCUT2D eigenvalue weighted by Crippen LogP contribution is -2.22. The lowest BCUT2D eigenvalue weighted by Gasteiger charge is -2.18. The van der Waals surface area contributed by atoms with Gasteiger partial charge in [-0.2, -0.15) is 0 Å². The molecule has 14 heavy (non-hydrogen) atoms. The minimum Gasteiger partial charge on any atom is -0.379 e. The Kier molecular flexibility index (Phi) is 6.51. The van der Waals surface area contributed by atoms with Crippen LogP contribution >= 0.6 is 21.6 Å². The van der Waals surface area contributed by atoms with Crippen LogP contribution in [-0.4, -0.2) is 27.6 Å². The maximum Gasteiger partial charge on any atom is 0.151 e. The summed E-state index contributed by atoms with van der Waals surface area (Å²) in [6.45, 7) is 0. The Labute approximate surface area is 92.7 Å². The number of nitrogens with one attached hydrogen (secondary N) is 1. The van der Waals surface area contributed by atoms with E-state index in [2.05, 4.69) is 11.4 Å². The molecule has 0 spiro atoms. The number of aliphatic hydroxyl groups is 2. The van der Waals surface area contributed by atoms with Crippen LogP contribution in [0.15, 0.2) is 12.3 Å². The van der Waals surface area contributed by atoms with E-state index >= 15 is 0 Å². The van der Waals surface area contributed by atoms with Crippen molar-refractivity contribution in [2.24, 2.45) is 0 Å². The average molecular weight is 235 g/mol. The van der Waals surface area contributed by atoms with Gasteiger partial charge in [0.2, 0.25) is 0 Å². The molecule has 1 atom stereocenters. The van der Waals surface area contributed by atoms with Gasteiger partial charge in [-0.25, -0.2) is 0 Å². The zero-order valence-corrected chi connectivity index (χ0v) is 9.69. The van der Waals surface area contributed by atoms with Gasteiger partial charge >= 0.3 is 0 Å². The Morgan fingerprint density at radius 2 is 2.36 bits per heavy atom. The van der Waals surface area contributed by atoms with Gasteiger partial charge in [0, 0.05) is 5.75 Å². The van der Waals surface area contributed by atoms with Crippen molar-refractivity contribution < 1.29 is 10.2 Å². The van der Waals surface area contributed by atoms with Gasteiger partial charge in [-0.3, -0.25) is 0 Å². The van der Waals surface area contributed by atoms with Crippen LogP contribution in [0.4, 0.5) is 0 Å². The minimum absolute atomic E-state index is 0.478. The molecule has 0 aliphatic carbocycles. The van der Waals surface area contributed by atoms with Crippen LogP contribution in [0.3, 0.4) is 0 Å². The molecule has 0 saturated carbocycles. The Balaban J connectivity index is 1.90. The van der Waals surface area contributed by atoms with E-state index in [-0.39, 0.29) is 0 Å². The predicted octanol–water partition coefficient (Wildman–Crippen LogP) is 1.68. The average Bonchev–Trinajstić information content (AvgIpc) is 2.18. The van der Waals surface area contributed by atoms with Crippen LogP contribution in [0, 0.1) is 0 Å². The standard InChI is InChI=1S/C9H17NO2S2/c11-9(12)5-3-7-13-14-8-4-1-2-6-10-8/h2,6,8-12H,1,3-5,7H2. The summed E-state index contributed by atoms with van der Waals surface area (Å²) < 4.78 is 0. The summed E-state index contributed by atoms with van der Waals surface area (Å²) in [7, 11) is 3.64. The van der Waals surface area contributed by atoms with Gasteiger partial charge in [-0.15, -0.1) is 0 Å². The van der Waals surface area contributed by atoms with Crippen LogP contribution in [0.1, 0.15) is 25.7 Å². The number of rotatable bonds is 6. The smallest absolute Gasteiger partial charge is 0.151 e. The predicted molar refractivity (Wildman–Crippen MR) is 62.8 cm³/mol. The van der Waals surface area contributed by atoms with Crippen LogP contribution in [0.2, 0.25) is 0 Å². The largest absolute Gasteiger partial charge is 0.379 e. The molecule has 0 amide bonds. The van der Waals surface area contributed by atoms with E-state index in [9.17, 15) is 0 Å². The quantitative estimate of drug-likeness (QED) is 0.371. The molecule has 0 saturated heterocycles. The first-order valence-corrected chi connectivity index (χ1v) is 7.22. The van der Waals surface area contributed by atoms with E-state index < -0.39 is 6.29 Å². The zero-order valence-electron chi connectivity index (χ0n) is 8.06. The molecular weight excluding hydrogens is 218 g/mol. The highest BCUT2D eigenvalue weighted by Crippen LogP contribution is 2.30. The van der Waals surface area contributed by atoms with E-state index in [0.29, 0.717) is 11.8 Å². The Morgan fingerprint density at radius 1 is 1.50 bits per heavy atom. The maximum atomic E-state index is 8.62. The second kappa shape index (κ2) is 7.45. The summed E-state index contributed by atoms with van der Waals surface area (Å²) in [4.78, 5) is 0. The normalized spacial score (nSPS) is 21.2. The molecule has 5 heteroatoms. The number of hydrogen-bond acceptors (Lipinski definition) is 5. The lowest BCUT2D eigenvalue weighted by atomic mass is 10.2. The molecule has 1 aliphatic rings. The lowest BCUT2D eigenvalue weighted by molar-refractivity contribution is -0.0451. The first-order valence-electron chi connectivity index (χ1n) is 4.84. The van der Waals surface area contributed by atoms with Gasteiger partial charge in [0.05, 0.1) is 5.37 Å². The third-order valence-electron chi connectivity index (χ3n) is 1.87. The van der Waals surface area contributed by atoms with Crippen molar-refractivity contribution in [1.82, 2.24) is 5.32 Å². The van der Waals surface area contributed by atoms with Gasteiger partial charge in [-0.05, 0) is 31.9 Å². The van der Waals surface area contributed by atoms with Gasteiger partial charge in [0.1, 0.15) is 0 Å². The van der Waals surface area contributed by atoms with Crippen LogP contribution in [0.25, 0.3) is 0 Å². The highest BCUT2D eigenvalue weighted by molar-refractivity contribution is 8.76. The van der Waals surface area contributed by atoms with Crippen molar-refractivity contribution in [2.75, 3.05) is 5.75 Å². The van der Waals surface area contributed by atoms with Crippen LogP contribution in [-0.2, 0) is 0 Å². The fraction of sp³-hybridized carbons (Fsp3) is 0.778. The van der Waals surface area contributed by atoms with E-state index in [1.54, 1.807) is 10.8 Å². The van der Waals surface area contributed by atoms with Crippen LogP contribution < -0.4 is 5.32 Å². The Bertz CT molecular complexity index is 176. The Hall–Kier alpha value is 0.160. The molecule has 82 valence electrons. The summed E-state index contributed by atoms with van der Waals surface area (Å²) >= 11 is 0. The van der Waals surface area contributed by atoms with E-state index in [0.717, 1.165) is 18.6 Å². The van der Waals surface area contributed by atoms with Crippen molar-refractivity contribution in [3.05, 3.63) is 12.3 Å². The molecular formula is C9H17NO2S2.